The minimum absolute atomic E-state index is 0.0472. The van der Waals surface area contributed by atoms with Gasteiger partial charge in [0.2, 0.25) is 5.75 Å². The molecule has 0 radical (unpaired) electrons. The summed E-state index contributed by atoms with van der Waals surface area (Å²) in [6.45, 7) is 2.49. The average molecular weight is 384 g/mol. The molecular formula is C14H13IN2O3. The third-order valence-corrected chi connectivity index (χ3v) is 3.50. The Balaban J connectivity index is 2.44. The van der Waals surface area contributed by atoms with Crippen LogP contribution in [0.25, 0.3) is 0 Å². The van der Waals surface area contributed by atoms with E-state index in [1.54, 1.807) is 24.3 Å². The van der Waals surface area contributed by atoms with Crippen molar-refractivity contribution in [3.8, 4) is 11.5 Å². The fourth-order valence-electron chi connectivity index (χ4n) is 1.77. The van der Waals surface area contributed by atoms with Crippen molar-refractivity contribution in [2.45, 2.75) is 6.92 Å². The van der Waals surface area contributed by atoms with Crippen LogP contribution in [0, 0.1) is 13.7 Å². The molecule has 6 heteroatoms. The molecule has 2 aromatic rings. The summed E-state index contributed by atoms with van der Waals surface area (Å²) in [7, 11) is 0. The molecule has 104 valence electrons. The number of anilines is 1. The van der Waals surface area contributed by atoms with Gasteiger partial charge in [0.25, 0.3) is 0 Å². The SMILES string of the molecule is CCNc1cccc(Oc2ccccc2I)c1[N+](=O)[O-]. The number of benzene rings is 2. The van der Waals surface area contributed by atoms with Crippen LogP contribution in [-0.2, 0) is 0 Å². The van der Waals surface area contributed by atoms with Gasteiger partial charge in [0.05, 0.1) is 8.49 Å². The molecule has 0 amide bonds. The normalized spacial score (nSPS) is 10.1. The van der Waals surface area contributed by atoms with Gasteiger partial charge in [-0.3, -0.25) is 10.1 Å². The number of rotatable bonds is 5. The van der Waals surface area contributed by atoms with E-state index in [9.17, 15) is 10.1 Å². The van der Waals surface area contributed by atoms with Crippen molar-refractivity contribution < 1.29 is 9.66 Å². The van der Waals surface area contributed by atoms with Gasteiger partial charge in [0, 0.05) is 6.54 Å². The summed E-state index contributed by atoms with van der Waals surface area (Å²) in [5.74, 6) is 0.836. The standard InChI is InChI=1S/C14H13IN2O3/c1-2-16-11-7-5-9-13(14(11)17(18)19)20-12-8-4-3-6-10(12)15/h3-9,16H,2H2,1H3. The Morgan fingerprint density at radius 2 is 1.90 bits per heavy atom. The minimum Gasteiger partial charge on any atom is -0.449 e. The molecule has 0 aromatic heterocycles. The molecule has 0 bridgehead atoms. The van der Waals surface area contributed by atoms with Crippen LogP contribution in [0.15, 0.2) is 42.5 Å². The van der Waals surface area contributed by atoms with Crippen LogP contribution in [0.1, 0.15) is 6.92 Å². The highest BCUT2D eigenvalue weighted by molar-refractivity contribution is 14.1. The largest absolute Gasteiger partial charge is 0.449 e. The van der Waals surface area contributed by atoms with Gasteiger partial charge >= 0.3 is 5.69 Å². The van der Waals surface area contributed by atoms with E-state index < -0.39 is 4.92 Å². The van der Waals surface area contributed by atoms with E-state index >= 15 is 0 Å². The topological polar surface area (TPSA) is 64.4 Å². The Bertz CT molecular complexity index is 632. The number of para-hydroxylation sites is 2. The van der Waals surface area contributed by atoms with Crippen LogP contribution in [0.2, 0.25) is 0 Å². The molecule has 20 heavy (non-hydrogen) atoms. The zero-order chi connectivity index (χ0) is 14.5. The monoisotopic (exact) mass is 384 g/mol. The maximum absolute atomic E-state index is 11.3. The number of nitro groups is 1. The van der Waals surface area contributed by atoms with Crippen LogP contribution in [0.5, 0.6) is 11.5 Å². The third-order valence-electron chi connectivity index (χ3n) is 2.61. The zero-order valence-corrected chi connectivity index (χ0v) is 13.0. The number of nitrogens with zero attached hydrogens (tertiary/aromatic N) is 1. The van der Waals surface area contributed by atoms with Gasteiger partial charge in [0.1, 0.15) is 11.4 Å². The second-order valence-electron chi connectivity index (χ2n) is 3.97. The fraction of sp³-hybridized carbons (Fsp3) is 0.143. The molecule has 2 rings (SSSR count). The van der Waals surface area contributed by atoms with Crippen molar-refractivity contribution in [1.82, 2.24) is 0 Å². The molecule has 0 aliphatic heterocycles. The molecule has 0 saturated heterocycles. The zero-order valence-electron chi connectivity index (χ0n) is 10.8. The molecule has 0 heterocycles. The van der Waals surface area contributed by atoms with E-state index in [1.165, 1.54) is 0 Å². The summed E-state index contributed by atoms with van der Waals surface area (Å²) in [5, 5.41) is 14.3. The second-order valence-corrected chi connectivity index (χ2v) is 5.13. The van der Waals surface area contributed by atoms with Crippen molar-refractivity contribution in [3.05, 3.63) is 56.1 Å². The summed E-state index contributed by atoms with van der Waals surface area (Å²) in [6.07, 6.45) is 0. The van der Waals surface area contributed by atoms with Crippen molar-refractivity contribution in [2.75, 3.05) is 11.9 Å². The van der Waals surface area contributed by atoms with Crippen LogP contribution in [0.3, 0.4) is 0 Å². The van der Waals surface area contributed by atoms with Crippen molar-refractivity contribution in [1.29, 1.82) is 0 Å². The molecular weight excluding hydrogens is 371 g/mol. The summed E-state index contributed by atoms with van der Waals surface area (Å²) < 4.78 is 6.60. The first-order valence-corrected chi connectivity index (χ1v) is 7.15. The summed E-state index contributed by atoms with van der Waals surface area (Å²) >= 11 is 2.13. The van der Waals surface area contributed by atoms with Crippen molar-refractivity contribution in [3.63, 3.8) is 0 Å². The lowest BCUT2D eigenvalue weighted by Gasteiger charge is -2.11. The molecule has 0 saturated carbocycles. The minimum atomic E-state index is -0.427. The number of hydrogen-bond donors (Lipinski definition) is 1. The molecule has 0 aliphatic carbocycles. The average Bonchev–Trinajstić information content (AvgIpc) is 2.41. The predicted octanol–water partition coefficient (Wildman–Crippen LogP) is 4.42. The predicted molar refractivity (Wildman–Crippen MR) is 86.5 cm³/mol. The first-order valence-electron chi connectivity index (χ1n) is 6.07. The Hall–Kier alpha value is -1.83. The van der Waals surface area contributed by atoms with Crippen LogP contribution in [0.4, 0.5) is 11.4 Å². The number of hydrogen-bond acceptors (Lipinski definition) is 4. The lowest BCUT2D eigenvalue weighted by Crippen LogP contribution is -2.02. The molecule has 0 unspecified atom stereocenters. The van der Waals surface area contributed by atoms with E-state index in [2.05, 4.69) is 27.9 Å². The van der Waals surface area contributed by atoms with Gasteiger partial charge in [-0.25, -0.2) is 0 Å². The van der Waals surface area contributed by atoms with Crippen molar-refractivity contribution in [2.24, 2.45) is 0 Å². The van der Waals surface area contributed by atoms with Crippen LogP contribution >= 0.6 is 22.6 Å². The van der Waals surface area contributed by atoms with Crippen molar-refractivity contribution >= 4 is 34.0 Å². The first-order chi connectivity index (χ1) is 9.63. The molecule has 0 fully saturated rings. The Morgan fingerprint density at radius 1 is 1.20 bits per heavy atom. The number of ether oxygens (including phenoxy) is 1. The highest BCUT2D eigenvalue weighted by Crippen LogP contribution is 2.38. The van der Waals surface area contributed by atoms with Gasteiger partial charge in [-0.2, -0.15) is 0 Å². The maximum atomic E-state index is 11.3. The van der Waals surface area contributed by atoms with Gasteiger partial charge in [0.15, 0.2) is 0 Å². The highest BCUT2D eigenvalue weighted by atomic mass is 127. The highest BCUT2D eigenvalue weighted by Gasteiger charge is 2.21. The lowest BCUT2D eigenvalue weighted by atomic mass is 10.2. The van der Waals surface area contributed by atoms with E-state index in [-0.39, 0.29) is 11.4 Å². The lowest BCUT2D eigenvalue weighted by molar-refractivity contribution is -0.384. The van der Waals surface area contributed by atoms with E-state index in [1.807, 2.05) is 25.1 Å². The van der Waals surface area contributed by atoms with Crippen LogP contribution < -0.4 is 10.1 Å². The van der Waals surface area contributed by atoms with Gasteiger partial charge in [-0.15, -0.1) is 0 Å². The summed E-state index contributed by atoms with van der Waals surface area (Å²) in [5.41, 5.74) is 0.412. The van der Waals surface area contributed by atoms with E-state index in [0.717, 1.165) is 3.57 Å². The van der Waals surface area contributed by atoms with Gasteiger partial charge in [-0.1, -0.05) is 18.2 Å². The molecule has 0 atom stereocenters. The second kappa shape index (κ2) is 6.56. The summed E-state index contributed by atoms with van der Waals surface area (Å²) in [4.78, 5) is 10.8. The fourth-order valence-corrected chi connectivity index (χ4v) is 2.27. The molecule has 5 nitrogen and oxygen atoms in total. The Kier molecular flexibility index (Phi) is 4.78. The van der Waals surface area contributed by atoms with Crippen LogP contribution in [-0.4, -0.2) is 11.5 Å². The Labute approximate surface area is 130 Å². The molecule has 2 aromatic carbocycles. The molecule has 0 aliphatic rings. The van der Waals surface area contributed by atoms with E-state index in [0.29, 0.717) is 18.0 Å². The maximum Gasteiger partial charge on any atom is 0.334 e. The molecule has 0 spiro atoms. The Morgan fingerprint density at radius 3 is 2.55 bits per heavy atom. The smallest absolute Gasteiger partial charge is 0.334 e. The quantitative estimate of drug-likeness (QED) is 0.471. The number of nitro benzene ring substituents is 1. The summed E-state index contributed by atoms with van der Waals surface area (Å²) in [6, 6.07) is 12.4. The van der Waals surface area contributed by atoms with E-state index in [4.69, 9.17) is 4.74 Å². The molecule has 1 N–H and O–H groups in total. The number of nitrogens with one attached hydrogen (secondary N) is 1. The third kappa shape index (κ3) is 3.19. The first kappa shape index (κ1) is 14.6. The number of halogens is 1. The van der Waals surface area contributed by atoms with Gasteiger partial charge < -0.3 is 10.1 Å². The van der Waals surface area contributed by atoms with Gasteiger partial charge in [-0.05, 0) is 53.8 Å².